The summed E-state index contributed by atoms with van der Waals surface area (Å²) in [7, 11) is 1.21. The molecule has 180 valence electrons. The van der Waals surface area contributed by atoms with E-state index in [1.807, 2.05) is 0 Å². The average molecular weight is 478 g/mol. The van der Waals surface area contributed by atoms with E-state index in [9.17, 15) is 35.5 Å². The molecule has 3 nitrogen and oxygen atoms in total. The number of carbonyl (C=O) groups excluding carboxylic acids is 1. The largest absolute Gasteiger partial charge is 0.469 e. The molecule has 10 heteroatoms. The molecule has 1 saturated carbocycles. The Morgan fingerprint density at radius 2 is 1.48 bits per heavy atom. The first-order valence-corrected chi connectivity index (χ1v) is 10.1. The first kappa shape index (κ1) is 25.0. The third-order valence-corrected chi connectivity index (χ3v) is 5.81. The van der Waals surface area contributed by atoms with Gasteiger partial charge in [-0.05, 0) is 61.2 Å². The van der Waals surface area contributed by atoms with Crippen LogP contribution in [0.2, 0.25) is 0 Å². The number of benzene rings is 2. The van der Waals surface area contributed by atoms with Crippen molar-refractivity contribution in [1.29, 1.82) is 0 Å². The maximum Gasteiger partial charge on any atom is 0.416 e. The number of carbonyl (C=O) groups is 1. The summed E-state index contributed by atoms with van der Waals surface area (Å²) in [5.41, 5.74) is -2.61. The fraction of sp³-hybridized carbons (Fsp3) is 0.435. The van der Waals surface area contributed by atoms with Gasteiger partial charge in [-0.3, -0.25) is 4.79 Å². The van der Waals surface area contributed by atoms with Crippen LogP contribution < -0.4 is 0 Å². The van der Waals surface area contributed by atoms with E-state index in [1.165, 1.54) is 38.3 Å². The van der Waals surface area contributed by atoms with Crippen molar-refractivity contribution in [2.75, 3.05) is 7.11 Å². The normalized spacial score (nSPS) is 22.3. The van der Waals surface area contributed by atoms with E-state index in [-0.39, 0.29) is 11.6 Å². The minimum absolute atomic E-state index is 0.0559. The second-order valence-corrected chi connectivity index (χ2v) is 7.94. The van der Waals surface area contributed by atoms with E-state index < -0.39 is 59.3 Å². The SMILES string of the molecule is COC(=O)C1CC[C@H](O[C@H](C)c2cc(C(F)(F)F)cc(C(F)(F)F)c2)[C@H]1c1ccc(F)cc1. The molecule has 1 aliphatic rings. The Kier molecular flexibility index (Phi) is 7.07. The highest BCUT2D eigenvalue weighted by atomic mass is 19.4. The number of halogens is 7. The van der Waals surface area contributed by atoms with Crippen molar-refractivity contribution in [2.24, 2.45) is 5.92 Å². The highest BCUT2D eigenvalue weighted by Gasteiger charge is 2.44. The van der Waals surface area contributed by atoms with Crippen molar-refractivity contribution in [3.8, 4) is 0 Å². The molecule has 0 heterocycles. The fourth-order valence-electron chi connectivity index (χ4n) is 4.22. The Balaban J connectivity index is 1.94. The monoisotopic (exact) mass is 478 g/mol. The Morgan fingerprint density at radius 1 is 0.939 bits per heavy atom. The summed E-state index contributed by atoms with van der Waals surface area (Å²) in [6.45, 7) is 1.35. The zero-order valence-electron chi connectivity index (χ0n) is 17.6. The predicted molar refractivity (Wildman–Crippen MR) is 104 cm³/mol. The third kappa shape index (κ3) is 5.66. The molecule has 0 N–H and O–H groups in total. The second-order valence-electron chi connectivity index (χ2n) is 7.94. The second kappa shape index (κ2) is 9.32. The molecular formula is C23H21F7O3. The highest BCUT2D eigenvalue weighted by molar-refractivity contribution is 5.74. The van der Waals surface area contributed by atoms with E-state index in [2.05, 4.69) is 0 Å². The summed E-state index contributed by atoms with van der Waals surface area (Å²) in [5, 5.41) is 0. The van der Waals surface area contributed by atoms with Crippen LogP contribution in [-0.4, -0.2) is 19.2 Å². The van der Waals surface area contributed by atoms with E-state index in [4.69, 9.17) is 9.47 Å². The number of alkyl halides is 6. The highest BCUT2D eigenvalue weighted by Crippen LogP contribution is 2.45. The molecular weight excluding hydrogens is 457 g/mol. The number of hydrogen-bond donors (Lipinski definition) is 0. The lowest BCUT2D eigenvalue weighted by atomic mass is 9.87. The summed E-state index contributed by atoms with van der Waals surface area (Å²) in [6.07, 6.45) is -11.2. The number of esters is 1. The van der Waals surface area contributed by atoms with Gasteiger partial charge in [-0.15, -0.1) is 0 Å². The molecule has 0 radical (unpaired) electrons. The van der Waals surface area contributed by atoms with Crippen molar-refractivity contribution in [2.45, 2.75) is 50.2 Å². The molecule has 0 spiro atoms. The van der Waals surface area contributed by atoms with E-state index >= 15 is 0 Å². The summed E-state index contributed by atoms with van der Waals surface area (Å²) in [4.78, 5) is 12.3. The molecule has 0 amide bonds. The van der Waals surface area contributed by atoms with Gasteiger partial charge < -0.3 is 9.47 Å². The molecule has 1 unspecified atom stereocenters. The van der Waals surface area contributed by atoms with Gasteiger partial charge in [0.25, 0.3) is 0 Å². The minimum Gasteiger partial charge on any atom is -0.469 e. The summed E-state index contributed by atoms with van der Waals surface area (Å²) in [5.74, 6) is -2.28. The van der Waals surface area contributed by atoms with E-state index in [1.54, 1.807) is 0 Å². The number of rotatable bonds is 5. The summed E-state index contributed by atoms with van der Waals surface area (Å²) in [6, 6.07) is 6.64. The predicted octanol–water partition coefficient (Wildman–Crippen LogP) is 6.68. The van der Waals surface area contributed by atoms with Gasteiger partial charge in [0.1, 0.15) is 5.82 Å². The molecule has 3 rings (SSSR count). The van der Waals surface area contributed by atoms with Crippen LogP contribution >= 0.6 is 0 Å². The molecule has 0 bridgehead atoms. The Hall–Kier alpha value is -2.62. The quantitative estimate of drug-likeness (QED) is 0.356. The van der Waals surface area contributed by atoms with E-state index in [0.29, 0.717) is 30.5 Å². The zero-order valence-corrected chi connectivity index (χ0v) is 17.6. The van der Waals surface area contributed by atoms with Gasteiger partial charge in [0.05, 0.1) is 36.4 Å². The van der Waals surface area contributed by atoms with Crippen LogP contribution in [0.4, 0.5) is 30.7 Å². The molecule has 2 aromatic carbocycles. The van der Waals surface area contributed by atoms with Crippen LogP contribution in [0, 0.1) is 11.7 Å². The van der Waals surface area contributed by atoms with E-state index in [0.717, 1.165) is 0 Å². The van der Waals surface area contributed by atoms with Crippen molar-refractivity contribution in [1.82, 2.24) is 0 Å². The Labute approximate surface area is 185 Å². The molecule has 1 aliphatic carbocycles. The molecule has 0 aromatic heterocycles. The van der Waals surface area contributed by atoms with Crippen LogP contribution in [-0.2, 0) is 26.6 Å². The topological polar surface area (TPSA) is 35.5 Å². The lowest BCUT2D eigenvalue weighted by Gasteiger charge is -2.28. The summed E-state index contributed by atoms with van der Waals surface area (Å²) >= 11 is 0. The maximum absolute atomic E-state index is 13.4. The standard InChI is InChI=1S/C23H21F7O3/c1-12(14-9-15(22(25,26)27)11-16(10-14)23(28,29)30)33-19-8-7-18(21(31)32-2)20(19)13-3-5-17(24)6-4-13/h3-6,9-12,18-20H,7-8H2,1-2H3/t12-,18?,19+,20+/m1/s1. The Bertz CT molecular complexity index is 951. The fourth-order valence-corrected chi connectivity index (χ4v) is 4.22. The molecule has 2 aromatic rings. The lowest BCUT2D eigenvalue weighted by molar-refractivity contribution is -0.147. The number of methoxy groups -OCH3 is 1. The van der Waals surface area contributed by atoms with Crippen LogP contribution in [0.15, 0.2) is 42.5 Å². The van der Waals surface area contributed by atoms with Gasteiger partial charge in [-0.2, -0.15) is 26.3 Å². The van der Waals surface area contributed by atoms with Crippen molar-refractivity contribution < 1.29 is 45.0 Å². The molecule has 0 saturated heterocycles. The first-order chi connectivity index (χ1) is 15.3. The van der Waals surface area contributed by atoms with Gasteiger partial charge >= 0.3 is 18.3 Å². The minimum atomic E-state index is -4.98. The van der Waals surface area contributed by atoms with Crippen LogP contribution in [0.25, 0.3) is 0 Å². The smallest absolute Gasteiger partial charge is 0.416 e. The maximum atomic E-state index is 13.4. The number of hydrogen-bond acceptors (Lipinski definition) is 3. The van der Waals surface area contributed by atoms with Crippen LogP contribution in [0.3, 0.4) is 0 Å². The van der Waals surface area contributed by atoms with Crippen molar-refractivity contribution in [3.05, 3.63) is 70.5 Å². The molecule has 0 aliphatic heterocycles. The van der Waals surface area contributed by atoms with Crippen LogP contribution in [0.1, 0.15) is 54.0 Å². The third-order valence-electron chi connectivity index (χ3n) is 5.81. The number of ether oxygens (including phenoxy) is 2. The van der Waals surface area contributed by atoms with Gasteiger partial charge in [0.2, 0.25) is 0 Å². The lowest BCUT2D eigenvalue weighted by Crippen LogP contribution is -2.27. The van der Waals surface area contributed by atoms with Crippen molar-refractivity contribution in [3.63, 3.8) is 0 Å². The first-order valence-electron chi connectivity index (χ1n) is 10.1. The van der Waals surface area contributed by atoms with Crippen molar-refractivity contribution >= 4 is 5.97 Å². The average Bonchev–Trinajstić information content (AvgIpc) is 3.15. The molecule has 4 atom stereocenters. The van der Waals surface area contributed by atoms with Gasteiger partial charge in [0.15, 0.2) is 0 Å². The van der Waals surface area contributed by atoms with Gasteiger partial charge in [-0.25, -0.2) is 4.39 Å². The van der Waals surface area contributed by atoms with Crippen LogP contribution in [0.5, 0.6) is 0 Å². The van der Waals surface area contributed by atoms with Gasteiger partial charge in [0, 0.05) is 5.92 Å². The summed E-state index contributed by atoms with van der Waals surface area (Å²) < 4.78 is 103. The molecule has 1 fully saturated rings. The molecule has 33 heavy (non-hydrogen) atoms. The van der Waals surface area contributed by atoms with Gasteiger partial charge in [-0.1, -0.05) is 12.1 Å². The zero-order chi connectivity index (χ0) is 24.6. The Morgan fingerprint density at radius 3 is 1.97 bits per heavy atom.